The predicted octanol–water partition coefficient (Wildman–Crippen LogP) is 4.49. The van der Waals surface area contributed by atoms with Crippen LogP contribution in [0.3, 0.4) is 0 Å². The minimum absolute atomic E-state index is 0.0771. The quantitative estimate of drug-likeness (QED) is 0.285. The number of anilines is 3. The van der Waals surface area contributed by atoms with Crippen LogP contribution in [0.2, 0.25) is 0 Å². The second-order valence-electron chi connectivity index (χ2n) is 11.9. The number of morpholine rings is 1. The molecule has 1 saturated heterocycles. The van der Waals surface area contributed by atoms with Gasteiger partial charge in [0.15, 0.2) is 5.82 Å². The number of nitrogens with one attached hydrogen (secondary N) is 1. The minimum atomic E-state index is -0.169. The SMILES string of the molecule is CC(=O)N1c2ccc(-c3ccc(CNC(=O)c4cc5c(N6CCOCC6)nc(-c6cnc(N)nc6)cn5c4)cc3)cc2CC[C@@H]1C. The smallest absolute Gasteiger partial charge is 0.253 e. The van der Waals surface area contributed by atoms with E-state index in [4.69, 9.17) is 15.5 Å². The molecule has 0 spiro atoms. The van der Waals surface area contributed by atoms with Crippen molar-refractivity contribution in [3.63, 3.8) is 0 Å². The van der Waals surface area contributed by atoms with Gasteiger partial charge in [0.1, 0.15) is 0 Å². The van der Waals surface area contributed by atoms with E-state index in [-0.39, 0.29) is 23.8 Å². The number of rotatable bonds is 6. The van der Waals surface area contributed by atoms with Gasteiger partial charge < -0.3 is 30.0 Å². The average molecular weight is 617 g/mol. The second-order valence-corrected chi connectivity index (χ2v) is 11.9. The van der Waals surface area contributed by atoms with Gasteiger partial charge in [-0.15, -0.1) is 0 Å². The number of carbonyl (C=O) groups is 2. The largest absolute Gasteiger partial charge is 0.378 e. The number of nitrogen functional groups attached to an aromatic ring is 1. The summed E-state index contributed by atoms with van der Waals surface area (Å²) in [7, 11) is 0. The van der Waals surface area contributed by atoms with Gasteiger partial charge in [0.05, 0.1) is 30.0 Å². The van der Waals surface area contributed by atoms with Gasteiger partial charge in [-0.05, 0) is 60.2 Å². The maximum atomic E-state index is 13.3. The molecule has 2 aliphatic rings. The molecule has 11 heteroatoms. The zero-order chi connectivity index (χ0) is 31.8. The zero-order valence-electron chi connectivity index (χ0n) is 25.9. The lowest BCUT2D eigenvalue weighted by molar-refractivity contribution is -0.117. The molecule has 1 fully saturated rings. The van der Waals surface area contributed by atoms with Crippen molar-refractivity contribution in [1.82, 2.24) is 24.7 Å². The molecule has 11 nitrogen and oxygen atoms in total. The van der Waals surface area contributed by atoms with Crippen LogP contribution >= 0.6 is 0 Å². The number of hydrogen-bond acceptors (Lipinski definition) is 8. The van der Waals surface area contributed by atoms with Crippen LogP contribution in [0.25, 0.3) is 27.9 Å². The summed E-state index contributed by atoms with van der Waals surface area (Å²) in [5.74, 6) is 0.881. The summed E-state index contributed by atoms with van der Waals surface area (Å²) in [6.07, 6.45) is 8.91. The van der Waals surface area contributed by atoms with Crippen LogP contribution in [0.1, 0.15) is 41.8 Å². The Hall–Kier alpha value is -5.29. The van der Waals surface area contributed by atoms with Crippen LogP contribution in [0.4, 0.5) is 17.5 Å². The summed E-state index contributed by atoms with van der Waals surface area (Å²) in [5.41, 5.74) is 13.9. The molecule has 0 saturated carbocycles. The Bertz CT molecular complexity index is 1910. The molecule has 2 amide bonds. The molecule has 0 unspecified atom stereocenters. The molecule has 5 aromatic rings. The van der Waals surface area contributed by atoms with Crippen molar-refractivity contribution in [2.24, 2.45) is 0 Å². The normalized spacial score (nSPS) is 16.3. The molecule has 1 atom stereocenters. The van der Waals surface area contributed by atoms with Gasteiger partial charge in [0.25, 0.3) is 5.91 Å². The Morgan fingerprint density at radius 2 is 1.72 bits per heavy atom. The first kappa shape index (κ1) is 29.4. The van der Waals surface area contributed by atoms with Crippen molar-refractivity contribution in [2.75, 3.05) is 41.8 Å². The third kappa shape index (κ3) is 5.77. The zero-order valence-corrected chi connectivity index (χ0v) is 25.9. The number of benzene rings is 2. The molecule has 0 aliphatic carbocycles. The summed E-state index contributed by atoms with van der Waals surface area (Å²) in [6.45, 7) is 6.75. The van der Waals surface area contributed by atoms with Crippen molar-refractivity contribution in [2.45, 2.75) is 39.3 Å². The molecule has 0 bridgehead atoms. The van der Waals surface area contributed by atoms with E-state index >= 15 is 0 Å². The summed E-state index contributed by atoms with van der Waals surface area (Å²) >= 11 is 0. The third-order valence-electron chi connectivity index (χ3n) is 8.80. The Kier molecular flexibility index (Phi) is 7.83. The fourth-order valence-corrected chi connectivity index (χ4v) is 6.35. The summed E-state index contributed by atoms with van der Waals surface area (Å²) in [5, 5.41) is 3.07. The van der Waals surface area contributed by atoms with E-state index < -0.39 is 0 Å². The van der Waals surface area contributed by atoms with E-state index in [1.165, 1.54) is 5.56 Å². The molecule has 3 aromatic heterocycles. The highest BCUT2D eigenvalue weighted by molar-refractivity contribution is 5.97. The van der Waals surface area contributed by atoms with Gasteiger partial charge >= 0.3 is 0 Å². The van der Waals surface area contributed by atoms with Crippen molar-refractivity contribution < 1.29 is 14.3 Å². The van der Waals surface area contributed by atoms with Crippen LogP contribution in [-0.4, -0.2) is 63.5 Å². The number of aromatic nitrogens is 4. The van der Waals surface area contributed by atoms with Gasteiger partial charge in [-0.25, -0.2) is 15.0 Å². The van der Waals surface area contributed by atoms with E-state index in [0.29, 0.717) is 44.1 Å². The Morgan fingerprint density at radius 1 is 0.978 bits per heavy atom. The first-order chi connectivity index (χ1) is 22.3. The van der Waals surface area contributed by atoms with E-state index in [1.54, 1.807) is 19.3 Å². The molecular weight excluding hydrogens is 580 g/mol. The number of nitrogens with two attached hydrogens (primary N) is 1. The Balaban J connectivity index is 1.08. The number of fused-ring (bicyclic) bond motifs is 2. The first-order valence-corrected chi connectivity index (χ1v) is 15.6. The highest BCUT2D eigenvalue weighted by Gasteiger charge is 2.26. The van der Waals surface area contributed by atoms with Crippen LogP contribution < -0.4 is 20.9 Å². The number of amides is 2. The molecule has 0 radical (unpaired) electrons. The molecule has 2 aliphatic heterocycles. The van der Waals surface area contributed by atoms with Crippen LogP contribution in [0, 0.1) is 0 Å². The number of hydrogen-bond donors (Lipinski definition) is 2. The second kappa shape index (κ2) is 12.2. The van der Waals surface area contributed by atoms with Crippen LogP contribution in [0.5, 0.6) is 0 Å². The van der Waals surface area contributed by atoms with Gasteiger partial charge in [0.2, 0.25) is 11.9 Å². The van der Waals surface area contributed by atoms with Crippen LogP contribution in [-0.2, 0) is 22.5 Å². The number of carbonyl (C=O) groups excluding carboxylic acids is 2. The highest BCUT2D eigenvalue weighted by atomic mass is 16.5. The van der Waals surface area contributed by atoms with Crippen molar-refractivity contribution in [3.05, 3.63) is 90.0 Å². The topological polar surface area (TPSA) is 131 Å². The Morgan fingerprint density at radius 3 is 2.46 bits per heavy atom. The van der Waals surface area contributed by atoms with E-state index in [0.717, 1.165) is 52.1 Å². The minimum Gasteiger partial charge on any atom is -0.378 e. The maximum absolute atomic E-state index is 13.3. The maximum Gasteiger partial charge on any atom is 0.253 e. The molecular formula is C35H36N8O3. The van der Waals surface area contributed by atoms with Crippen molar-refractivity contribution in [1.29, 1.82) is 0 Å². The van der Waals surface area contributed by atoms with Gasteiger partial charge in [-0.3, -0.25) is 9.59 Å². The van der Waals surface area contributed by atoms with Gasteiger partial charge in [0, 0.05) is 68.6 Å². The van der Waals surface area contributed by atoms with Crippen LogP contribution in [0.15, 0.2) is 73.3 Å². The van der Waals surface area contributed by atoms with E-state index in [9.17, 15) is 9.59 Å². The summed E-state index contributed by atoms with van der Waals surface area (Å²) in [6, 6.07) is 16.6. The predicted molar refractivity (Wildman–Crippen MR) is 178 cm³/mol. The lowest BCUT2D eigenvalue weighted by Crippen LogP contribution is -2.40. The van der Waals surface area contributed by atoms with Gasteiger partial charge in [-0.1, -0.05) is 30.3 Å². The molecule has 234 valence electrons. The van der Waals surface area contributed by atoms with Crippen molar-refractivity contribution in [3.8, 4) is 22.4 Å². The fourth-order valence-electron chi connectivity index (χ4n) is 6.35. The molecule has 5 heterocycles. The molecule has 3 N–H and O–H groups in total. The lowest BCUT2D eigenvalue weighted by Gasteiger charge is -2.34. The van der Waals surface area contributed by atoms with Gasteiger partial charge in [-0.2, -0.15) is 0 Å². The number of aryl methyl sites for hydroxylation is 1. The molecule has 46 heavy (non-hydrogen) atoms. The number of ether oxygens (including phenoxy) is 1. The Labute approximate surface area is 267 Å². The van der Waals surface area contributed by atoms with E-state index in [1.807, 2.05) is 39.9 Å². The average Bonchev–Trinajstić information content (AvgIpc) is 3.52. The lowest BCUT2D eigenvalue weighted by atomic mass is 9.93. The summed E-state index contributed by atoms with van der Waals surface area (Å²) in [4.78, 5) is 42.9. The third-order valence-corrected chi connectivity index (χ3v) is 8.80. The number of nitrogens with zero attached hydrogens (tertiary/aromatic N) is 6. The first-order valence-electron chi connectivity index (χ1n) is 15.6. The molecule has 7 rings (SSSR count). The van der Waals surface area contributed by atoms with E-state index in [2.05, 4.69) is 57.4 Å². The molecule has 2 aromatic carbocycles. The fraction of sp³-hybridized carbons (Fsp3) is 0.286. The highest BCUT2D eigenvalue weighted by Crippen LogP contribution is 2.34. The summed E-state index contributed by atoms with van der Waals surface area (Å²) < 4.78 is 7.49. The van der Waals surface area contributed by atoms with Crippen molar-refractivity contribution >= 4 is 34.8 Å². The monoisotopic (exact) mass is 616 g/mol. The standard InChI is InChI=1S/C35H36N8O3/c1-22-3-6-27-15-26(9-10-31(27)43(22)23(2)44)25-7-4-24(5-8-25)17-37-34(45)28-16-32-33(41-11-13-46-14-12-41)40-30(21-42(32)20-28)29-18-38-35(36)39-19-29/h4-5,7-10,15-16,18-22H,3,6,11-14,17H2,1-2H3,(H,37,45)(H2,36,38,39)/t22-/m0/s1.